The van der Waals surface area contributed by atoms with Crippen molar-refractivity contribution in [3.63, 3.8) is 0 Å². The van der Waals surface area contributed by atoms with Crippen molar-refractivity contribution in [2.45, 2.75) is 47.7 Å². The summed E-state index contributed by atoms with van der Waals surface area (Å²) in [5.41, 5.74) is 9.93. The van der Waals surface area contributed by atoms with Gasteiger partial charge in [0, 0.05) is 0 Å². The molecule has 2 aliphatic rings. The third-order valence-corrected chi connectivity index (χ3v) is 7.00. The van der Waals surface area contributed by atoms with Gasteiger partial charge in [0.1, 0.15) is 0 Å². The van der Waals surface area contributed by atoms with Crippen LogP contribution in [0.4, 0.5) is 0 Å². The van der Waals surface area contributed by atoms with Gasteiger partial charge in [-0.25, -0.2) is 0 Å². The van der Waals surface area contributed by atoms with E-state index < -0.39 is 5.79 Å². The summed E-state index contributed by atoms with van der Waals surface area (Å²) in [4.78, 5) is 2.98. The normalized spacial score (nSPS) is 34.0. The quantitative estimate of drug-likeness (QED) is 0.355. The second kappa shape index (κ2) is 6.20. The van der Waals surface area contributed by atoms with E-state index in [1.807, 2.05) is 32.0 Å². The first-order valence-electron chi connectivity index (χ1n) is 7.19. The van der Waals surface area contributed by atoms with Crippen molar-refractivity contribution in [1.29, 1.82) is 0 Å². The Morgan fingerprint density at radius 3 is 2.59 bits per heavy atom. The van der Waals surface area contributed by atoms with Gasteiger partial charge in [0.15, 0.2) is 0 Å². The summed E-state index contributed by atoms with van der Waals surface area (Å²) >= 11 is 0.0502. The molecule has 2 heterocycles. The number of hydrogen-bond donors (Lipinski definition) is 0. The van der Waals surface area contributed by atoms with Crippen molar-refractivity contribution >= 4 is 15.0 Å². The van der Waals surface area contributed by atoms with Crippen LogP contribution in [-0.2, 0) is 14.2 Å². The molecule has 0 radical (unpaired) electrons. The molecule has 2 saturated heterocycles. The van der Waals surface area contributed by atoms with E-state index in [1.54, 1.807) is 7.11 Å². The third kappa shape index (κ3) is 2.88. The summed E-state index contributed by atoms with van der Waals surface area (Å²) in [6.07, 6.45) is -0.363. The van der Waals surface area contributed by atoms with Crippen LogP contribution in [0.1, 0.15) is 25.5 Å². The number of ether oxygens (including phenoxy) is 3. The van der Waals surface area contributed by atoms with Crippen LogP contribution in [0, 0.1) is 0 Å². The zero-order valence-electron chi connectivity index (χ0n) is 12.7. The van der Waals surface area contributed by atoms with Crippen molar-refractivity contribution in [2.75, 3.05) is 7.11 Å². The number of benzene rings is 1. The summed E-state index contributed by atoms with van der Waals surface area (Å²) in [5, 5.41) is 3.94. The predicted molar refractivity (Wildman–Crippen MR) is 82.5 cm³/mol. The minimum atomic E-state index is -0.651. The molecular formula is C15H19N3O3Se. The topological polar surface area (TPSA) is 76.5 Å². The molecule has 0 bridgehead atoms. The number of rotatable bonds is 4. The Morgan fingerprint density at radius 1 is 1.27 bits per heavy atom. The van der Waals surface area contributed by atoms with Crippen LogP contribution in [-0.4, -0.2) is 45.0 Å². The molecule has 1 aromatic rings. The van der Waals surface area contributed by atoms with E-state index >= 15 is 0 Å². The molecule has 0 spiro atoms. The van der Waals surface area contributed by atoms with Gasteiger partial charge in [-0.05, 0) is 0 Å². The summed E-state index contributed by atoms with van der Waals surface area (Å²) < 4.78 is 17.8. The van der Waals surface area contributed by atoms with E-state index in [9.17, 15) is 0 Å². The van der Waals surface area contributed by atoms with Crippen molar-refractivity contribution in [2.24, 2.45) is 5.11 Å². The van der Waals surface area contributed by atoms with Crippen molar-refractivity contribution in [3.05, 3.63) is 46.3 Å². The van der Waals surface area contributed by atoms with Crippen LogP contribution in [0.3, 0.4) is 0 Å². The number of nitrogens with zero attached hydrogens (tertiary/aromatic N) is 3. The van der Waals surface area contributed by atoms with Crippen molar-refractivity contribution < 1.29 is 14.2 Å². The molecule has 22 heavy (non-hydrogen) atoms. The van der Waals surface area contributed by atoms with Gasteiger partial charge < -0.3 is 0 Å². The minimum absolute atomic E-state index is 0.0502. The van der Waals surface area contributed by atoms with Gasteiger partial charge in [-0.1, -0.05) is 0 Å². The van der Waals surface area contributed by atoms with Gasteiger partial charge in [-0.15, -0.1) is 0 Å². The summed E-state index contributed by atoms with van der Waals surface area (Å²) in [5.74, 6) is -0.651. The third-order valence-electron chi connectivity index (χ3n) is 3.91. The SMILES string of the molecule is CO[C@@H](c1ccccc1)[C@H]1[Se][C@@H](N=[N+]=[N-])[C@@H]2OC(C)(C)O[C@@H]21. The monoisotopic (exact) mass is 369 g/mol. The molecule has 0 N–H and O–H groups in total. The number of hydrogen-bond acceptors (Lipinski definition) is 4. The summed E-state index contributed by atoms with van der Waals surface area (Å²) in [6, 6.07) is 10.1. The number of azide groups is 1. The maximum atomic E-state index is 8.82. The fourth-order valence-corrected chi connectivity index (χ4v) is 6.37. The molecule has 0 aliphatic carbocycles. The molecule has 0 unspecified atom stereocenters. The Kier molecular flexibility index (Phi) is 4.46. The fourth-order valence-electron chi connectivity index (χ4n) is 3.10. The Bertz CT molecular complexity index is 577. The van der Waals surface area contributed by atoms with Crippen LogP contribution < -0.4 is 0 Å². The van der Waals surface area contributed by atoms with E-state index in [0.717, 1.165) is 5.56 Å². The van der Waals surface area contributed by atoms with Crippen LogP contribution >= 0.6 is 0 Å². The van der Waals surface area contributed by atoms with Gasteiger partial charge in [0.2, 0.25) is 0 Å². The van der Waals surface area contributed by atoms with Crippen LogP contribution in [0.5, 0.6) is 0 Å². The van der Waals surface area contributed by atoms with Gasteiger partial charge in [-0.3, -0.25) is 0 Å². The van der Waals surface area contributed by atoms with Gasteiger partial charge in [0.25, 0.3) is 0 Å². The Hall–Kier alpha value is -1.07. The second-order valence-corrected chi connectivity index (χ2v) is 8.55. The summed E-state index contributed by atoms with van der Waals surface area (Å²) in [7, 11) is 1.71. The molecular weight excluding hydrogens is 349 g/mol. The molecule has 6 nitrogen and oxygen atoms in total. The molecule has 3 rings (SSSR count). The molecule has 1 aromatic carbocycles. The second-order valence-electron chi connectivity index (χ2n) is 5.83. The Balaban J connectivity index is 1.91. The van der Waals surface area contributed by atoms with E-state index in [0.29, 0.717) is 0 Å². The standard InChI is InChI=1S/C15H19N3O3Se/c1-15(2)20-11-12(21-15)14(17-18-16)22-13(11)10(19-3)9-7-5-4-6-8-9/h4-8,10-14H,1-3H3/t10-,11-,12+,13+,14+/m0/s1. The first-order valence-corrected chi connectivity index (χ1v) is 9.16. The average Bonchev–Trinajstić information content (AvgIpc) is 2.97. The molecule has 0 saturated carbocycles. The first kappa shape index (κ1) is 15.8. The molecule has 0 aromatic heterocycles. The van der Waals surface area contributed by atoms with Crippen molar-refractivity contribution in [1.82, 2.24) is 0 Å². The van der Waals surface area contributed by atoms with E-state index in [1.165, 1.54) is 0 Å². The average molecular weight is 368 g/mol. The molecule has 7 heteroatoms. The van der Waals surface area contributed by atoms with Crippen molar-refractivity contribution in [3.8, 4) is 0 Å². The Morgan fingerprint density at radius 2 is 1.95 bits per heavy atom. The number of fused-ring (bicyclic) bond motifs is 1. The zero-order chi connectivity index (χ0) is 15.7. The number of methoxy groups -OCH3 is 1. The van der Waals surface area contributed by atoms with Gasteiger partial charge in [0.05, 0.1) is 0 Å². The Labute approximate surface area is 135 Å². The fraction of sp³-hybridized carbons (Fsp3) is 0.600. The molecule has 118 valence electrons. The molecule has 2 fully saturated rings. The predicted octanol–water partition coefficient (Wildman–Crippen LogP) is 3.04. The molecule has 2 aliphatic heterocycles. The summed E-state index contributed by atoms with van der Waals surface area (Å²) in [6.45, 7) is 3.79. The van der Waals surface area contributed by atoms with Crippen LogP contribution in [0.15, 0.2) is 35.4 Å². The van der Waals surface area contributed by atoms with Gasteiger partial charge in [-0.2, -0.15) is 0 Å². The van der Waals surface area contributed by atoms with Crippen LogP contribution in [0.25, 0.3) is 10.4 Å². The van der Waals surface area contributed by atoms with E-state index in [4.69, 9.17) is 19.7 Å². The van der Waals surface area contributed by atoms with E-state index in [2.05, 4.69) is 22.2 Å². The zero-order valence-corrected chi connectivity index (χ0v) is 14.5. The van der Waals surface area contributed by atoms with E-state index in [-0.39, 0.29) is 43.0 Å². The molecule has 5 atom stereocenters. The molecule has 0 amide bonds. The maximum absolute atomic E-state index is 8.82. The van der Waals surface area contributed by atoms with Crippen LogP contribution in [0.2, 0.25) is 4.82 Å². The van der Waals surface area contributed by atoms with Gasteiger partial charge >= 0.3 is 135 Å². The first-order chi connectivity index (χ1) is 10.6.